The molecule has 1 N–H and O–H groups in total. The first kappa shape index (κ1) is 19.4. The number of rotatable bonds is 4. The van der Waals surface area contributed by atoms with Crippen molar-refractivity contribution in [3.8, 4) is 0 Å². The fourth-order valence-corrected chi connectivity index (χ4v) is 2.92. The molecule has 2 rings (SSSR count). The van der Waals surface area contributed by atoms with Crippen molar-refractivity contribution in [2.75, 3.05) is 26.2 Å². The second-order valence-corrected chi connectivity index (χ2v) is 7.56. The van der Waals surface area contributed by atoms with Crippen LogP contribution in [0.5, 0.6) is 0 Å². The molecular formula is C19H28FN3O2. The normalized spacial score (nSPS) is 17.2. The molecule has 0 aliphatic carbocycles. The molecule has 1 heterocycles. The van der Waals surface area contributed by atoms with Crippen LogP contribution in [0.15, 0.2) is 24.3 Å². The predicted molar refractivity (Wildman–Crippen MR) is 95.3 cm³/mol. The number of piperazine rings is 1. The average Bonchev–Trinajstić information content (AvgIpc) is 2.59. The minimum atomic E-state index is -0.384. The van der Waals surface area contributed by atoms with Crippen LogP contribution >= 0.6 is 0 Å². The highest BCUT2D eigenvalue weighted by atomic mass is 19.1. The van der Waals surface area contributed by atoms with Crippen LogP contribution in [0.25, 0.3) is 0 Å². The number of nitrogens with zero attached hydrogens (tertiary/aromatic N) is 2. The van der Waals surface area contributed by atoms with Crippen molar-refractivity contribution in [3.05, 3.63) is 35.6 Å². The molecule has 0 spiro atoms. The van der Waals surface area contributed by atoms with E-state index in [1.165, 1.54) is 6.07 Å². The van der Waals surface area contributed by atoms with Crippen LogP contribution in [-0.2, 0) is 16.1 Å². The fourth-order valence-electron chi connectivity index (χ4n) is 2.92. The molecule has 6 heteroatoms. The zero-order valence-electron chi connectivity index (χ0n) is 15.5. The summed E-state index contributed by atoms with van der Waals surface area (Å²) < 4.78 is 13.6. The SMILES string of the molecule is CC(C(=O)NCc1ccccc1F)N1CCN(C(=O)C(C)(C)C)CC1. The predicted octanol–water partition coefficient (Wildman–Crippen LogP) is 2.02. The molecule has 1 saturated heterocycles. The van der Waals surface area contributed by atoms with Crippen molar-refractivity contribution >= 4 is 11.8 Å². The summed E-state index contributed by atoms with van der Waals surface area (Å²) in [6, 6.07) is 6.12. The van der Waals surface area contributed by atoms with Crippen molar-refractivity contribution in [2.24, 2.45) is 5.41 Å². The highest BCUT2D eigenvalue weighted by Crippen LogP contribution is 2.19. The summed E-state index contributed by atoms with van der Waals surface area (Å²) in [5.41, 5.74) is 0.0916. The number of nitrogens with one attached hydrogen (secondary N) is 1. The summed E-state index contributed by atoms with van der Waals surface area (Å²) in [5.74, 6) is -0.299. The Morgan fingerprint density at radius 3 is 2.32 bits per heavy atom. The second kappa shape index (κ2) is 7.95. The van der Waals surface area contributed by atoms with Crippen molar-refractivity contribution in [1.29, 1.82) is 0 Å². The molecule has 1 unspecified atom stereocenters. The molecule has 1 aliphatic heterocycles. The summed E-state index contributed by atoms with van der Waals surface area (Å²) in [6.07, 6.45) is 0. The Labute approximate surface area is 149 Å². The van der Waals surface area contributed by atoms with Crippen molar-refractivity contribution < 1.29 is 14.0 Å². The van der Waals surface area contributed by atoms with Gasteiger partial charge in [0.2, 0.25) is 11.8 Å². The molecule has 1 aromatic carbocycles. The first-order valence-electron chi connectivity index (χ1n) is 8.74. The van der Waals surface area contributed by atoms with Gasteiger partial charge in [0.15, 0.2) is 0 Å². The number of hydrogen-bond acceptors (Lipinski definition) is 3. The van der Waals surface area contributed by atoms with Crippen LogP contribution in [0.1, 0.15) is 33.3 Å². The first-order valence-corrected chi connectivity index (χ1v) is 8.74. The van der Waals surface area contributed by atoms with Crippen LogP contribution in [0.3, 0.4) is 0 Å². The maximum atomic E-state index is 13.6. The van der Waals surface area contributed by atoms with Gasteiger partial charge in [-0.05, 0) is 13.0 Å². The van der Waals surface area contributed by atoms with E-state index in [1.54, 1.807) is 18.2 Å². The molecule has 0 aromatic heterocycles. The molecular weight excluding hydrogens is 321 g/mol. The van der Waals surface area contributed by atoms with Gasteiger partial charge in [-0.25, -0.2) is 4.39 Å². The van der Waals surface area contributed by atoms with Crippen molar-refractivity contribution in [3.63, 3.8) is 0 Å². The van der Waals surface area contributed by atoms with Gasteiger partial charge in [-0.15, -0.1) is 0 Å². The summed E-state index contributed by atoms with van der Waals surface area (Å²) in [4.78, 5) is 28.6. The van der Waals surface area contributed by atoms with E-state index in [0.29, 0.717) is 31.7 Å². The second-order valence-electron chi connectivity index (χ2n) is 7.56. The Bertz CT molecular complexity index is 619. The number of halogens is 1. The lowest BCUT2D eigenvalue weighted by atomic mass is 9.94. The lowest BCUT2D eigenvalue weighted by molar-refractivity contribution is -0.142. The van der Waals surface area contributed by atoms with Gasteiger partial charge in [0.05, 0.1) is 6.04 Å². The van der Waals surface area contributed by atoms with Crippen LogP contribution in [0.4, 0.5) is 4.39 Å². The van der Waals surface area contributed by atoms with Crippen LogP contribution < -0.4 is 5.32 Å². The van der Waals surface area contributed by atoms with E-state index in [0.717, 1.165) is 0 Å². The topological polar surface area (TPSA) is 52.7 Å². The molecule has 2 amide bonds. The smallest absolute Gasteiger partial charge is 0.237 e. The van der Waals surface area contributed by atoms with Crippen molar-refractivity contribution in [2.45, 2.75) is 40.3 Å². The van der Waals surface area contributed by atoms with E-state index in [9.17, 15) is 14.0 Å². The molecule has 0 saturated carbocycles. The molecule has 25 heavy (non-hydrogen) atoms. The van der Waals surface area contributed by atoms with Gasteiger partial charge in [0, 0.05) is 43.7 Å². The van der Waals surface area contributed by atoms with Crippen LogP contribution in [0, 0.1) is 11.2 Å². The third-order valence-electron chi connectivity index (χ3n) is 4.58. The van der Waals surface area contributed by atoms with E-state index in [-0.39, 0.29) is 35.6 Å². The summed E-state index contributed by atoms with van der Waals surface area (Å²) >= 11 is 0. The molecule has 5 nitrogen and oxygen atoms in total. The fraction of sp³-hybridized carbons (Fsp3) is 0.579. The lowest BCUT2D eigenvalue weighted by Crippen LogP contribution is -2.56. The van der Waals surface area contributed by atoms with E-state index < -0.39 is 0 Å². The third-order valence-corrected chi connectivity index (χ3v) is 4.58. The number of carbonyl (C=O) groups excluding carboxylic acids is 2. The van der Waals surface area contributed by atoms with Gasteiger partial charge in [-0.3, -0.25) is 14.5 Å². The largest absolute Gasteiger partial charge is 0.351 e. The molecule has 1 atom stereocenters. The lowest BCUT2D eigenvalue weighted by Gasteiger charge is -2.39. The molecule has 1 aliphatic rings. The first-order chi connectivity index (χ1) is 11.7. The molecule has 138 valence electrons. The van der Waals surface area contributed by atoms with Crippen LogP contribution in [-0.4, -0.2) is 53.8 Å². The van der Waals surface area contributed by atoms with Gasteiger partial charge in [-0.1, -0.05) is 39.0 Å². The monoisotopic (exact) mass is 349 g/mol. The highest BCUT2D eigenvalue weighted by molar-refractivity contribution is 5.82. The standard InChI is InChI=1S/C19H28FN3O2/c1-14(17(24)21-13-15-7-5-6-8-16(15)20)22-9-11-23(12-10-22)18(25)19(2,3)4/h5-8,14H,9-13H2,1-4H3,(H,21,24). The number of amides is 2. The Kier molecular flexibility index (Phi) is 6.16. The molecule has 1 aromatic rings. The van der Waals surface area contributed by atoms with E-state index in [2.05, 4.69) is 10.2 Å². The summed E-state index contributed by atoms with van der Waals surface area (Å²) in [7, 11) is 0. The minimum absolute atomic E-state index is 0.126. The van der Waals surface area contributed by atoms with Gasteiger partial charge >= 0.3 is 0 Å². The van der Waals surface area contributed by atoms with E-state index in [4.69, 9.17) is 0 Å². The maximum absolute atomic E-state index is 13.6. The maximum Gasteiger partial charge on any atom is 0.237 e. The van der Waals surface area contributed by atoms with Crippen LogP contribution in [0.2, 0.25) is 0 Å². The minimum Gasteiger partial charge on any atom is -0.351 e. The zero-order valence-corrected chi connectivity index (χ0v) is 15.5. The van der Waals surface area contributed by atoms with E-state index >= 15 is 0 Å². The Balaban J connectivity index is 1.83. The van der Waals surface area contributed by atoms with Gasteiger partial charge in [0.25, 0.3) is 0 Å². The number of carbonyl (C=O) groups is 2. The third kappa shape index (κ3) is 5.01. The molecule has 0 bridgehead atoms. The van der Waals surface area contributed by atoms with Gasteiger partial charge in [0.1, 0.15) is 5.82 Å². The Morgan fingerprint density at radius 1 is 1.16 bits per heavy atom. The summed E-state index contributed by atoms with van der Waals surface area (Å²) in [6.45, 7) is 10.4. The number of benzene rings is 1. The van der Waals surface area contributed by atoms with E-state index in [1.807, 2.05) is 32.6 Å². The quantitative estimate of drug-likeness (QED) is 0.905. The number of hydrogen-bond donors (Lipinski definition) is 1. The van der Waals surface area contributed by atoms with Gasteiger partial charge in [-0.2, -0.15) is 0 Å². The summed E-state index contributed by atoms with van der Waals surface area (Å²) in [5, 5.41) is 2.79. The molecule has 0 radical (unpaired) electrons. The highest BCUT2D eigenvalue weighted by Gasteiger charge is 2.32. The van der Waals surface area contributed by atoms with Gasteiger partial charge < -0.3 is 10.2 Å². The van der Waals surface area contributed by atoms with Crippen molar-refractivity contribution in [1.82, 2.24) is 15.1 Å². The molecule has 1 fully saturated rings. The Morgan fingerprint density at radius 2 is 1.76 bits per heavy atom. The Hall–Kier alpha value is -1.95. The average molecular weight is 349 g/mol. The zero-order chi connectivity index (χ0) is 18.6.